The summed E-state index contributed by atoms with van der Waals surface area (Å²) in [5.74, 6) is -1.71. The maximum absolute atomic E-state index is 12.0. The lowest BCUT2D eigenvalue weighted by Crippen LogP contribution is -2.50. The van der Waals surface area contributed by atoms with E-state index >= 15 is 0 Å². The third-order valence-corrected chi connectivity index (χ3v) is 3.02. The van der Waals surface area contributed by atoms with E-state index in [4.69, 9.17) is 4.74 Å². The lowest BCUT2D eigenvalue weighted by Gasteiger charge is -2.21. The fourth-order valence-corrected chi connectivity index (χ4v) is 1.80. The highest BCUT2D eigenvalue weighted by molar-refractivity contribution is 5.98. The fourth-order valence-electron chi connectivity index (χ4n) is 1.80. The van der Waals surface area contributed by atoms with Gasteiger partial charge in [0.25, 0.3) is 11.6 Å². The Labute approximate surface area is 144 Å². The van der Waals surface area contributed by atoms with Crippen molar-refractivity contribution in [3.8, 4) is 0 Å². The summed E-state index contributed by atoms with van der Waals surface area (Å²) in [5.41, 5.74) is -0.427. The molecule has 0 radical (unpaired) electrons. The Morgan fingerprint density at radius 1 is 1.24 bits per heavy atom. The number of urea groups is 1. The Morgan fingerprint density at radius 2 is 1.84 bits per heavy atom. The summed E-state index contributed by atoms with van der Waals surface area (Å²) in [5, 5.41) is 15.5. The first kappa shape index (κ1) is 20.1. The van der Waals surface area contributed by atoms with Crippen LogP contribution in [-0.2, 0) is 9.53 Å². The van der Waals surface area contributed by atoms with Crippen LogP contribution in [0.1, 0.15) is 43.6 Å². The van der Waals surface area contributed by atoms with Crippen molar-refractivity contribution < 1.29 is 24.0 Å². The fraction of sp³-hybridized carbons (Fsp3) is 0.438. The number of nitro benzene ring substituents is 1. The molecule has 9 nitrogen and oxygen atoms in total. The second kappa shape index (κ2) is 7.73. The molecule has 9 heteroatoms. The minimum Gasteiger partial charge on any atom is -0.449 e. The molecule has 1 rings (SSSR count). The summed E-state index contributed by atoms with van der Waals surface area (Å²) in [4.78, 5) is 45.8. The van der Waals surface area contributed by atoms with E-state index in [1.54, 1.807) is 20.8 Å². The Hall–Kier alpha value is -2.97. The molecule has 0 aromatic heterocycles. The molecular weight excluding hydrogens is 330 g/mol. The van der Waals surface area contributed by atoms with Crippen LogP contribution in [0.2, 0.25) is 0 Å². The number of hydrogen-bond donors (Lipinski definition) is 2. The molecule has 3 amide bonds. The number of ether oxygens (including phenoxy) is 1. The molecule has 2 N–H and O–H groups in total. The summed E-state index contributed by atoms with van der Waals surface area (Å²) in [6.45, 7) is 8.05. The van der Waals surface area contributed by atoms with E-state index < -0.39 is 34.5 Å². The maximum Gasteiger partial charge on any atom is 0.339 e. The molecule has 0 heterocycles. The zero-order chi connectivity index (χ0) is 19.4. The van der Waals surface area contributed by atoms with E-state index in [9.17, 15) is 24.5 Å². The first-order chi connectivity index (χ1) is 11.4. The Bertz CT molecular complexity index is 708. The lowest BCUT2D eigenvalue weighted by molar-refractivity contribution is -0.385. The van der Waals surface area contributed by atoms with E-state index in [0.29, 0.717) is 5.56 Å². The lowest BCUT2D eigenvalue weighted by atomic mass is 10.1. The van der Waals surface area contributed by atoms with Crippen LogP contribution in [0.3, 0.4) is 0 Å². The quantitative estimate of drug-likeness (QED) is 0.485. The topological polar surface area (TPSA) is 128 Å². The third-order valence-electron chi connectivity index (χ3n) is 3.02. The normalized spacial score (nSPS) is 12.0. The summed E-state index contributed by atoms with van der Waals surface area (Å²) in [7, 11) is 0. The van der Waals surface area contributed by atoms with Gasteiger partial charge >= 0.3 is 12.0 Å². The Kier molecular flexibility index (Phi) is 6.21. The van der Waals surface area contributed by atoms with Crippen LogP contribution in [0.4, 0.5) is 10.5 Å². The van der Waals surface area contributed by atoms with Gasteiger partial charge in [0.15, 0.2) is 6.10 Å². The number of hydrogen-bond acceptors (Lipinski definition) is 6. The van der Waals surface area contributed by atoms with Crippen LogP contribution in [-0.4, -0.2) is 34.5 Å². The SMILES string of the molecule is Cc1ccc(C(=O)O[C@@H](C)C(=O)NC(=O)NC(C)(C)C)cc1[N+](=O)[O-]. The molecule has 0 saturated heterocycles. The predicted octanol–water partition coefficient (Wildman–Crippen LogP) is 2.07. The van der Waals surface area contributed by atoms with Gasteiger partial charge in [-0.25, -0.2) is 9.59 Å². The number of nitrogens with one attached hydrogen (secondary N) is 2. The number of imide groups is 1. The van der Waals surface area contributed by atoms with Crippen LogP contribution in [0, 0.1) is 17.0 Å². The Balaban J connectivity index is 2.73. The minimum atomic E-state index is -1.25. The van der Waals surface area contributed by atoms with E-state index in [-0.39, 0.29) is 11.3 Å². The molecule has 0 aliphatic heterocycles. The number of rotatable bonds is 4. The van der Waals surface area contributed by atoms with Gasteiger partial charge in [-0.2, -0.15) is 0 Å². The van der Waals surface area contributed by atoms with Gasteiger partial charge in [0.1, 0.15) is 0 Å². The van der Waals surface area contributed by atoms with Gasteiger partial charge in [-0.05, 0) is 40.7 Å². The van der Waals surface area contributed by atoms with Crippen molar-refractivity contribution in [2.45, 2.75) is 46.3 Å². The molecule has 1 atom stereocenters. The number of carbonyl (C=O) groups is 3. The number of nitro groups is 1. The summed E-state index contributed by atoms with van der Waals surface area (Å²) >= 11 is 0. The van der Waals surface area contributed by atoms with Crippen molar-refractivity contribution in [3.05, 3.63) is 39.4 Å². The highest BCUT2D eigenvalue weighted by Crippen LogP contribution is 2.20. The van der Waals surface area contributed by atoms with Crippen LogP contribution in [0.5, 0.6) is 0 Å². The van der Waals surface area contributed by atoms with Gasteiger partial charge in [0, 0.05) is 17.2 Å². The highest BCUT2D eigenvalue weighted by atomic mass is 16.6. The summed E-state index contributed by atoms with van der Waals surface area (Å²) in [6.07, 6.45) is -1.25. The first-order valence-electron chi connectivity index (χ1n) is 7.50. The number of aryl methyl sites for hydroxylation is 1. The molecule has 0 spiro atoms. The molecule has 0 aliphatic carbocycles. The second-order valence-corrected chi connectivity index (χ2v) is 6.50. The molecule has 1 aromatic carbocycles. The maximum atomic E-state index is 12.0. The van der Waals surface area contributed by atoms with Gasteiger partial charge in [0.05, 0.1) is 10.5 Å². The largest absolute Gasteiger partial charge is 0.449 e. The molecule has 0 aliphatic rings. The van der Waals surface area contributed by atoms with Crippen molar-refractivity contribution >= 4 is 23.6 Å². The van der Waals surface area contributed by atoms with E-state index in [1.807, 2.05) is 0 Å². The number of benzene rings is 1. The zero-order valence-corrected chi connectivity index (χ0v) is 14.7. The molecule has 0 bridgehead atoms. The van der Waals surface area contributed by atoms with Gasteiger partial charge < -0.3 is 10.1 Å². The van der Waals surface area contributed by atoms with Gasteiger partial charge in [-0.3, -0.25) is 20.2 Å². The molecule has 0 saturated carbocycles. The molecule has 0 unspecified atom stereocenters. The predicted molar refractivity (Wildman–Crippen MR) is 89.1 cm³/mol. The second-order valence-electron chi connectivity index (χ2n) is 6.50. The van der Waals surface area contributed by atoms with Crippen LogP contribution in [0.25, 0.3) is 0 Å². The standard InChI is InChI=1S/C16H21N3O6/c1-9-6-7-11(8-12(9)19(23)24)14(21)25-10(2)13(20)17-15(22)18-16(3,4)5/h6-8,10H,1-5H3,(H2,17,18,20,22)/t10-/m0/s1. The molecule has 25 heavy (non-hydrogen) atoms. The number of amides is 3. The van der Waals surface area contributed by atoms with Crippen LogP contribution >= 0.6 is 0 Å². The van der Waals surface area contributed by atoms with Crippen LogP contribution < -0.4 is 10.6 Å². The number of esters is 1. The zero-order valence-electron chi connectivity index (χ0n) is 14.7. The monoisotopic (exact) mass is 351 g/mol. The van der Waals surface area contributed by atoms with Gasteiger partial charge in [-0.15, -0.1) is 0 Å². The molecular formula is C16H21N3O6. The average Bonchev–Trinajstić information content (AvgIpc) is 2.44. The van der Waals surface area contributed by atoms with Crippen molar-refractivity contribution in [1.82, 2.24) is 10.6 Å². The smallest absolute Gasteiger partial charge is 0.339 e. The van der Waals surface area contributed by atoms with Crippen molar-refractivity contribution in [1.29, 1.82) is 0 Å². The number of carbonyl (C=O) groups excluding carboxylic acids is 3. The van der Waals surface area contributed by atoms with E-state index in [0.717, 1.165) is 6.07 Å². The van der Waals surface area contributed by atoms with Crippen molar-refractivity contribution in [2.24, 2.45) is 0 Å². The molecule has 136 valence electrons. The summed E-state index contributed by atoms with van der Waals surface area (Å²) < 4.78 is 4.95. The first-order valence-corrected chi connectivity index (χ1v) is 7.50. The van der Waals surface area contributed by atoms with E-state index in [1.165, 1.54) is 26.0 Å². The van der Waals surface area contributed by atoms with Crippen LogP contribution in [0.15, 0.2) is 18.2 Å². The third kappa shape index (κ3) is 6.21. The van der Waals surface area contributed by atoms with Crippen molar-refractivity contribution in [3.63, 3.8) is 0 Å². The number of nitrogens with zero attached hydrogens (tertiary/aromatic N) is 1. The highest BCUT2D eigenvalue weighted by Gasteiger charge is 2.23. The molecule has 1 aromatic rings. The van der Waals surface area contributed by atoms with Gasteiger partial charge in [-0.1, -0.05) is 6.07 Å². The van der Waals surface area contributed by atoms with Gasteiger partial charge in [0.2, 0.25) is 0 Å². The van der Waals surface area contributed by atoms with E-state index in [2.05, 4.69) is 10.6 Å². The van der Waals surface area contributed by atoms with Crippen molar-refractivity contribution in [2.75, 3.05) is 0 Å². The minimum absolute atomic E-state index is 0.0592. The summed E-state index contributed by atoms with van der Waals surface area (Å²) in [6, 6.07) is 3.14. The Morgan fingerprint density at radius 3 is 2.36 bits per heavy atom. The average molecular weight is 351 g/mol. The molecule has 0 fully saturated rings.